The Kier molecular flexibility index (Phi) is 4.26. The first-order valence-electron chi connectivity index (χ1n) is 5.65. The summed E-state index contributed by atoms with van der Waals surface area (Å²) in [6.07, 6.45) is 1.52. The average Bonchev–Trinajstić information content (AvgIpc) is 2.45. The highest BCUT2D eigenvalue weighted by Crippen LogP contribution is 2.10. The van der Waals surface area contributed by atoms with Crippen LogP contribution in [0.2, 0.25) is 5.02 Å². The van der Waals surface area contributed by atoms with Gasteiger partial charge in [-0.1, -0.05) is 29.8 Å². The standard InChI is InChI=1S/C14H11ClN2O2/c15-11-5-3-4-10(8-11)13(18)9-17-14(19)12-6-1-2-7-16-12/h1-8H,9H2,(H,17,19). The van der Waals surface area contributed by atoms with Gasteiger partial charge in [0.05, 0.1) is 6.54 Å². The van der Waals surface area contributed by atoms with Crippen molar-refractivity contribution in [2.45, 2.75) is 0 Å². The number of aromatic nitrogens is 1. The second-order valence-electron chi connectivity index (χ2n) is 3.83. The molecular weight excluding hydrogens is 264 g/mol. The summed E-state index contributed by atoms with van der Waals surface area (Å²) in [7, 11) is 0. The highest BCUT2D eigenvalue weighted by atomic mass is 35.5. The van der Waals surface area contributed by atoms with Crippen molar-refractivity contribution in [1.29, 1.82) is 0 Å². The lowest BCUT2D eigenvalue weighted by Gasteiger charge is -2.04. The summed E-state index contributed by atoms with van der Waals surface area (Å²) >= 11 is 5.80. The zero-order valence-electron chi connectivity index (χ0n) is 9.97. The fraction of sp³-hybridized carbons (Fsp3) is 0.0714. The van der Waals surface area contributed by atoms with Crippen molar-refractivity contribution in [2.75, 3.05) is 6.54 Å². The molecule has 0 saturated heterocycles. The normalized spacial score (nSPS) is 9.95. The second kappa shape index (κ2) is 6.11. The molecule has 0 atom stereocenters. The molecule has 0 aliphatic heterocycles. The quantitative estimate of drug-likeness (QED) is 0.871. The third kappa shape index (κ3) is 3.63. The van der Waals surface area contributed by atoms with Gasteiger partial charge in [-0.25, -0.2) is 0 Å². The number of hydrogen-bond acceptors (Lipinski definition) is 3. The Labute approximate surface area is 115 Å². The summed E-state index contributed by atoms with van der Waals surface area (Å²) in [5.41, 5.74) is 0.746. The number of amides is 1. The summed E-state index contributed by atoms with van der Waals surface area (Å²) in [5, 5.41) is 3.01. The van der Waals surface area contributed by atoms with Crippen LogP contribution in [0.25, 0.3) is 0 Å². The van der Waals surface area contributed by atoms with Crippen LogP contribution in [0.4, 0.5) is 0 Å². The van der Waals surface area contributed by atoms with E-state index >= 15 is 0 Å². The molecule has 0 aliphatic carbocycles. The lowest BCUT2D eigenvalue weighted by atomic mass is 10.1. The number of carbonyl (C=O) groups excluding carboxylic acids is 2. The van der Waals surface area contributed by atoms with Crippen LogP contribution in [-0.4, -0.2) is 23.2 Å². The van der Waals surface area contributed by atoms with Crippen LogP contribution in [0.5, 0.6) is 0 Å². The van der Waals surface area contributed by atoms with Crippen LogP contribution >= 0.6 is 11.6 Å². The maximum absolute atomic E-state index is 11.8. The van der Waals surface area contributed by atoms with Gasteiger partial charge < -0.3 is 5.32 Å². The topological polar surface area (TPSA) is 59.1 Å². The van der Waals surface area contributed by atoms with E-state index in [1.165, 1.54) is 6.20 Å². The van der Waals surface area contributed by atoms with E-state index in [0.717, 1.165) is 0 Å². The molecule has 4 nitrogen and oxygen atoms in total. The van der Waals surface area contributed by atoms with Crippen molar-refractivity contribution in [2.24, 2.45) is 0 Å². The molecule has 1 aromatic heterocycles. The van der Waals surface area contributed by atoms with E-state index in [4.69, 9.17) is 11.6 Å². The minimum Gasteiger partial charge on any atom is -0.343 e. The molecule has 0 aliphatic rings. The summed E-state index contributed by atoms with van der Waals surface area (Å²) < 4.78 is 0. The third-order valence-electron chi connectivity index (χ3n) is 2.45. The van der Waals surface area contributed by atoms with Gasteiger partial charge in [0, 0.05) is 16.8 Å². The molecule has 0 spiro atoms. The predicted molar refractivity (Wildman–Crippen MR) is 72.4 cm³/mol. The molecule has 5 heteroatoms. The van der Waals surface area contributed by atoms with Crippen molar-refractivity contribution >= 4 is 23.3 Å². The number of carbonyl (C=O) groups is 2. The van der Waals surface area contributed by atoms with E-state index in [0.29, 0.717) is 10.6 Å². The summed E-state index contributed by atoms with van der Waals surface area (Å²) in [6.45, 7) is -0.0875. The number of nitrogens with zero attached hydrogens (tertiary/aromatic N) is 1. The second-order valence-corrected chi connectivity index (χ2v) is 4.27. The molecule has 0 fully saturated rings. The highest BCUT2D eigenvalue weighted by molar-refractivity contribution is 6.31. The molecule has 1 N–H and O–H groups in total. The summed E-state index contributed by atoms with van der Waals surface area (Å²) in [6, 6.07) is 11.6. The molecule has 1 heterocycles. The van der Waals surface area contributed by atoms with Crippen molar-refractivity contribution in [3.63, 3.8) is 0 Å². The van der Waals surface area contributed by atoms with Gasteiger partial charge in [-0.15, -0.1) is 0 Å². The minimum atomic E-state index is -0.379. The number of pyridine rings is 1. The van der Waals surface area contributed by atoms with Gasteiger partial charge >= 0.3 is 0 Å². The molecule has 96 valence electrons. The average molecular weight is 275 g/mol. The Bertz CT molecular complexity index is 599. The van der Waals surface area contributed by atoms with E-state index < -0.39 is 0 Å². The number of halogens is 1. The van der Waals surface area contributed by atoms with Crippen LogP contribution in [0, 0.1) is 0 Å². The molecule has 2 aromatic rings. The molecule has 1 amide bonds. The predicted octanol–water partition coefficient (Wildman–Crippen LogP) is 2.35. The van der Waals surface area contributed by atoms with Crippen molar-refractivity contribution in [1.82, 2.24) is 10.3 Å². The Hall–Kier alpha value is -2.20. The lowest BCUT2D eigenvalue weighted by Crippen LogP contribution is -2.30. The molecule has 2 rings (SSSR count). The van der Waals surface area contributed by atoms with Gasteiger partial charge in [0.1, 0.15) is 5.69 Å². The monoisotopic (exact) mass is 274 g/mol. The number of hydrogen-bond donors (Lipinski definition) is 1. The number of Topliss-reactive ketones (excluding diaryl/α,β-unsaturated/α-hetero) is 1. The molecule has 0 bridgehead atoms. The zero-order valence-corrected chi connectivity index (χ0v) is 10.7. The van der Waals surface area contributed by atoms with E-state index in [1.54, 1.807) is 42.5 Å². The molecule has 0 radical (unpaired) electrons. The van der Waals surface area contributed by atoms with Crippen molar-refractivity contribution in [3.8, 4) is 0 Å². The number of rotatable bonds is 4. The van der Waals surface area contributed by atoms with Crippen LogP contribution in [0.3, 0.4) is 0 Å². The molecule has 19 heavy (non-hydrogen) atoms. The first-order valence-corrected chi connectivity index (χ1v) is 6.02. The smallest absolute Gasteiger partial charge is 0.270 e. The Balaban J connectivity index is 1.96. The first kappa shape index (κ1) is 13.2. The van der Waals surface area contributed by atoms with Gasteiger partial charge in [0.2, 0.25) is 0 Å². The molecule has 1 aromatic carbocycles. The van der Waals surface area contributed by atoms with Crippen molar-refractivity contribution < 1.29 is 9.59 Å². The zero-order chi connectivity index (χ0) is 13.7. The highest BCUT2D eigenvalue weighted by Gasteiger charge is 2.10. The molecular formula is C14H11ClN2O2. The lowest BCUT2D eigenvalue weighted by molar-refractivity contribution is 0.0901. The third-order valence-corrected chi connectivity index (χ3v) is 2.69. The van der Waals surface area contributed by atoms with Gasteiger partial charge in [-0.2, -0.15) is 0 Å². The van der Waals surface area contributed by atoms with Crippen LogP contribution in [-0.2, 0) is 0 Å². The van der Waals surface area contributed by atoms with Gasteiger partial charge in [0.15, 0.2) is 5.78 Å². The van der Waals surface area contributed by atoms with E-state index in [-0.39, 0.29) is 23.9 Å². The maximum Gasteiger partial charge on any atom is 0.270 e. The van der Waals surface area contributed by atoms with Crippen molar-refractivity contribution in [3.05, 3.63) is 64.9 Å². The number of benzene rings is 1. The van der Waals surface area contributed by atoms with Gasteiger partial charge in [-0.05, 0) is 24.3 Å². The SMILES string of the molecule is O=C(CNC(=O)c1ccccn1)c1cccc(Cl)c1. The number of ketones is 1. The van der Waals surface area contributed by atoms with E-state index in [2.05, 4.69) is 10.3 Å². The van der Waals surface area contributed by atoms with Crippen LogP contribution in [0.15, 0.2) is 48.7 Å². The molecule has 0 saturated carbocycles. The van der Waals surface area contributed by atoms with Crippen LogP contribution < -0.4 is 5.32 Å². The summed E-state index contributed by atoms with van der Waals surface area (Å²) in [5.74, 6) is -0.581. The van der Waals surface area contributed by atoms with E-state index in [1.807, 2.05) is 0 Å². The Morgan fingerprint density at radius 2 is 2.00 bits per heavy atom. The fourth-order valence-electron chi connectivity index (χ4n) is 1.51. The Morgan fingerprint density at radius 3 is 2.68 bits per heavy atom. The first-order chi connectivity index (χ1) is 9.16. The molecule has 0 unspecified atom stereocenters. The largest absolute Gasteiger partial charge is 0.343 e. The maximum atomic E-state index is 11.8. The number of nitrogens with one attached hydrogen (secondary N) is 1. The Morgan fingerprint density at radius 1 is 1.16 bits per heavy atom. The van der Waals surface area contributed by atoms with Gasteiger partial charge in [0.25, 0.3) is 5.91 Å². The van der Waals surface area contributed by atoms with Gasteiger partial charge in [-0.3, -0.25) is 14.6 Å². The minimum absolute atomic E-state index is 0.0875. The summed E-state index contributed by atoms with van der Waals surface area (Å²) in [4.78, 5) is 27.4. The van der Waals surface area contributed by atoms with E-state index in [9.17, 15) is 9.59 Å². The van der Waals surface area contributed by atoms with Crippen LogP contribution in [0.1, 0.15) is 20.8 Å². The fourth-order valence-corrected chi connectivity index (χ4v) is 1.70.